The Morgan fingerprint density at radius 1 is 1.40 bits per heavy atom. The number of carbonyl (C=O) groups excluding carboxylic acids is 1. The van der Waals surface area contributed by atoms with Crippen molar-refractivity contribution < 1.29 is 24.9 Å². The fourth-order valence-corrected chi connectivity index (χ4v) is 2.13. The van der Waals surface area contributed by atoms with Crippen LogP contribution in [0.3, 0.4) is 0 Å². The summed E-state index contributed by atoms with van der Waals surface area (Å²) in [7, 11) is 0. The monoisotopic (exact) mass is 279 g/mol. The Hall–Kier alpha value is -1.96. The van der Waals surface area contributed by atoms with Crippen molar-refractivity contribution in [2.45, 2.75) is 24.0 Å². The average molecular weight is 279 g/mol. The molecule has 8 nitrogen and oxygen atoms in total. The molecular weight excluding hydrogens is 266 g/mol. The van der Waals surface area contributed by atoms with Gasteiger partial charge >= 0.3 is 0 Å². The van der Waals surface area contributed by atoms with Crippen molar-refractivity contribution in [3.63, 3.8) is 0 Å². The lowest BCUT2D eigenvalue weighted by atomic mass is 9.94. The molecule has 1 heterocycles. The Morgan fingerprint density at radius 2 is 2.05 bits per heavy atom. The number of benzene rings is 1. The number of hydrogen-bond acceptors (Lipinski definition) is 6. The van der Waals surface area contributed by atoms with Crippen molar-refractivity contribution in [2.24, 2.45) is 5.11 Å². The third-order valence-electron chi connectivity index (χ3n) is 3.17. The maximum Gasteiger partial charge on any atom is 0.238 e. The summed E-state index contributed by atoms with van der Waals surface area (Å²) in [6.07, 6.45) is -4.50. The highest BCUT2D eigenvalue weighted by Crippen LogP contribution is 2.35. The topological polar surface area (TPSA) is 136 Å². The van der Waals surface area contributed by atoms with Gasteiger partial charge in [0.25, 0.3) is 0 Å². The number of aliphatic hydroxyl groups excluding tert-OH is 3. The van der Waals surface area contributed by atoms with Gasteiger partial charge < -0.3 is 20.1 Å². The summed E-state index contributed by atoms with van der Waals surface area (Å²) in [4.78, 5) is 15.0. The minimum absolute atomic E-state index is 0.157. The van der Waals surface area contributed by atoms with Crippen molar-refractivity contribution in [1.82, 2.24) is 0 Å². The summed E-state index contributed by atoms with van der Waals surface area (Å²) in [5.41, 5.74) is 6.50. The Balaban J connectivity index is 2.46. The predicted molar refractivity (Wildman–Crippen MR) is 66.6 cm³/mol. The number of rotatable bonds is 4. The maximum atomic E-state index is 12.4. The summed E-state index contributed by atoms with van der Waals surface area (Å²) in [6, 6.07) is 7.81. The molecule has 2 rings (SSSR count). The van der Waals surface area contributed by atoms with E-state index in [1.807, 2.05) is 0 Å². The van der Waals surface area contributed by atoms with Gasteiger partial charge in [0.2, 0.25) is 11.5 Å². The normalized spacial score (nSPS) is 32.6. The molecular formula is C12H13N3O5. The molecule has 20 heavy (non-hydrogen) atoms. The van der Waals surface area contributed by atoms with Gasteiger partial charge in [-0.2, -0.15) is 0 Å². The summed E-state index contributed by atoms with van der Waals surface area (Å²) in [6.45, 7) is -0.622. The molecule has 0 radical (unpaired) electrons. The first-order valence-electron chi connectivity index (χ1n) is 5.87. The van der Waals surface area contributed by atoms with E-state index in [9.17, 15) is 15.0 Å². The average Bonchev–Trinajstić information content (AvgIpc) is 2.73. The molecule has 0 aromatic heterocycles. The third-order valence-corrected chi connectivity index (χ3v) is 3.17. The zero-order valence-corrected chi connectivity index (χ0v) is 10.3. The third kappa shape index (κ3) is 2.15. The van der Waals surface area contributed by atoms with Gasteiger partial charge in [0.15, 0.2) is 0 Å². The van der Waals surface area contributed by atoms with Crippen molar-refractivity contribution in [2.75, 3.05) is 6.61 Å². The van der Waals surface area contributed by atoms with Crippen LogP contribution in [0, 0.1) is 0 Å². The SMILES string of the molecule is [N-]=[N+]=N[C@@]1(C(=O)c2ccccc2)O[C@H](CO)[C@@H](O)[C@H]1O. The van der Waals surface area contributed by atoms with Gasteiger partial charge in [-0.1, -0.05) is 30.3 Å². The highest BCUT2D eigenvalue weighted by atomic mass is 16.6. The molecule has 0 bridgehead atoms. The molecule has 0 spiro atoms. The molecule has 0 aliphatic carbocycles. The van der Waals surface area contributed by atoms with Crippen molar-refractivity contribution in [3.05, 3.63) is 46.3 Å². The first-order chi connectivity index (χ1) is 9.56. The van der Waals surface area contributed by atoms with Gasteiger partial charge in [-0.15, -0.1) is 0 Å². The second kappa shape index (κ2) is 5.58. The summed E-state index contributed by atoms with van der Waals surface area (Å²) in [5.74, 6) is -0.779. The van der Waals surface area contributed by atoms with Crippen LogP contribution in [0.1, 0.15) is 10.4 Å². The highest BCUT2D eigenvalue weighted by Gasteiger charge is 2.58. The number of nitrogens with zero attached hydrogens (tertiary/aromatic N) is 3. The molecule has 0 unspecified atom stereocenters. The van der Waals surface area contributed by atoms with Crippen LogP contribution in [0.15, 0.2) is 35.4 Å². The lowest BCUT2D eigenvalue weighted by Gasteiger charge is -2.25. The van der Waals surface area contributed by atoms with Crippen LogP contribution in [-0.2, 0) is 4.74 Å². The van der Waals surface area contributed by atoms with Crippen LogP contribution in [0.25, 0.3) is 10.4 Å². The van der Waals surface area contributed by atoms with E-state index in [0.717, 1.165) is 0 Å². The second-order valence-corrected chi connectivity index (χ2v) is 4.36. The molecule has 1 aromatic carbocycles. The molecule has 1 aliphatic heterocycles. The molecule has 106 valence electrons. The number of ketones is 1. The quantitative estimate of drug-likeness (QED) is 0.308. The molecule has 0 saturated carbocycles. The van der Waals surface area contributed by atoms with E-state index in [1.54, 1.807) is 18.2 Å². The molecule has 3 N–H and O–H groups in total. The summed E-state index contributed by atoms with van der Waals surface area (Å²) < 4.78 is 5.16. The number of hydrogen-bond donors (Lipinski definition) is 3. The molecule has 4 atom stereocenters. The van der Waals surface area contributed by atoms with E-state index < -0.39 is 36.4 Å². The lowest BCUT2D eigenvalue weighted by Crippen LogP contribution is -2.48. The van der Waals surface area contributed by atoms with E-state index >= 15 is 0 Å². The smallest absolute Gasteiger partial charge is 0.238 e. The van der Waals surface area contributed by atoms with Gasteiger partial charge in [0.1, 0.15) is 18.3 Å². The number of aliphatic hydroxyl groups is 3. The van der Waals surface area contributed by atoms with Crippen molar-refractivity contribution in [3.8, 4) is 0 Å². The fourth-order valence-electron chi connectivity index (χ4n) is 2.13. The Morgan fingerprint density at radius 3 is 2.55 bits per heavy atom. The molecule has 1 aliphatic rings. The fraction of sp³-hybridized carbons (Fsp3) is 0.417. The maximum absolute atomic E-state index is 12.4. The van der Waals surface area contributed by atoms with Crippen LogP contribution < -0.4 is 0 Å². The van der Waals surface area contributed by atoms with Gasteiger partial charge in [-0.05, 0) is 10.6 Å². The molecule has 1 aromatic rings. The number of carbonyl (C=O) groups is 1. The van der Waals surface area contributed by atoms with E-state index in [1.165, 1.54) is 12.1 Å². The number of ether oxygens (including phenoxy) is 1. The van der Waals surface area contributed by atoms with Gasteiger partial charge in [0, 0.05) is 10.5 Å². The zero-order chi connectivity index (χ0) is 14.8. The molecule has 0 amide bonds. The van der Waals surface area contributed by atoms with Crippen LogP contribution in [-0.4, -0.2) is 51.7 Å². The van der Waals surface area contributed by atoms with Crippen LogP contribution in [0.5, 0.6) is 0 Å². The Labute approximate surface area is 113 Å². The Kier molecular flexibility index (Phi) is 4.03. The molecule has 8 heteroatoms. The highest BCUT2D eigenvalue weighted by molar-refractivity contribution is 6.03. The van der Waals surface area contributed by atoms with E-state index in [-0.39, 0.29) is 5.56 Å². The molecule has 1 saturated heterocycles. The summed E-state index contributed by atoms with van der Waals surface area (Å²) >= 11 is 0. The van der Waals surface area contributed by atoms with E-state index in [4.69, 9.17) is 15.4 Å². The van der Waals surface area contributed by atoms with Gasteiger partial charge in [-0.25, -0.2) is 0 Å². The Bertz CT molecular complexity index is 545. The van der Waals surface area contributed by atoms with Crippen molar-refractivity contribution >= 4 is 5.78 Å². The minimum Gasteiger partial charge on any atom is -0.394 e. The zero-order valence-electron chi connectivity index (χ0n) is 10.3. The van der Waals surface area contributed by atoms with Crippen LogP contribution in [0.2, 0.25) is 0 Å². The lowest BCUT2D eigenvalue weighted by molar-refractivity contribution is -0.0652. The molecule has 1 fully saturated rings. The first-order valence-corrected chi connectivity index (χ1v) is 5.87. The van der Waals surface area contributed by atoms with Crippen LogP contribution in [0.4, 0.5) is 0 Å². The minimum atomic E-state index is -2.27. The predicted octanol–water partition coefficient (Wildman–Crippen LogP) is -0.0112. The second-order valence-electron chi connectivity index (χ2n) is 4.36. The first kappa shape index (κ1) is 14.4. The van der Waals surface area contributed by atoms with Crippen LogP contribution >= 0.6 is 0 Å². The van der Waals surface area contributed by atoms with E-state index in [0.29, 0.717) is 0 Å². The number of Topliss-reactive ketones (excluding diaryl/α,β-unsaturated/α-hetero) is 1. The van der Waals surface area contributed by atoms with E-state index in [2.05, 4.69) is 10.0 Å². The van der Waals surface area contributed by atoms with Gasteiger partial charge in [0.05, 0.1) is 6.61 Å². The van der Waals surface area contributed by atoms with Crippen molar-refractivity contribution in [1.29, 1.82) is 0 Å². The largest absolute Gasteiger partial charge is 0.394 e. The number of azide groups is 1. The summed E-state index contributed by atoms with van der Waals surface area (Å²) in [5, 5.41) is 32.1. The standard InChI is InChI=1S/C12H13N3O5/c13-15-14-12(10(18)7-4-2-1-3-5-7)11(19)9(17)8(6-16)20-12/h1-5,8-9,11,16-17,19H,6H2/t8-,9-,11-,12+/m1/s1. The van der Waals surface area contributed by atoms with Gasteiger partial charge in [-0.3, -0.25) is 4.79 Å².